The topological polar surface area (TPSA) is 85.9 Å². The number of carbonyl (C=O) groups excluding carboxylic acids is 2. The Kier molecular flexibility index (Phi) is 7.62. The molecular weight excluding hydrogens is 408 g/mol. The SMILES string of the molecule is COc1cc(C(=O)N[C@@H](C(=O)N[C@@H]2CCCc3ccccc32)C(C)C)cc(OC)c1OC. The zero-order chi connectivity index (χ0) is 23.3. The fourth-order valence-corrected chi connectivity index (χ4v) is 4.14. The van der Waals surface area contributed by atoms with Gasteiger partial charge in [0, 0.05) is 5.56 Å². The highest BCUT2D eigenvalue weighted by atomic mass is 16.5. The number of carbonyl (C=O) groups is 2. The van der Waals surface area contributed by atoms with E-state index >= 15 is 0 Å². The lowest BCUT2D eigenvalue weighted by Crippen LogP contribution is -2.50. The molecule has 7 heteroatoms. The first kappa shape index (κ1) is 23.4. The molecule has 1 aliphatic rings. The molecule has 0 saturated heterocycles. The van der Waals surface area contributed by atoms with Crippen molar-refractivity contribution in [3.63, 3.8) is 0 Å². The molecular formula is C25H32N2O5. The molecule has 0 bridgehead atoms. The van der Waals surface area contributed by atoms with Crippen molar-refractivity contribution in [3.8, 4) is 17.2 Å². The molecule has 0 fully saturated rings. The molecule has 0 heterocycles. The number of hydrogen-bond donors (Lipinski definition) is 2. The highest BCUT2D eigenvalue weighted by Crippen LogP contribution is 2.38. The fourth-order valence-electron chi connectivity index (χ4n) is 4.14. The average molecular weight is 441 g/mol. The van der Waals surface area contributed by atoms with Gasteiger partial charge in [-0.25, -0.2) is 0 Å². The quantitative estimate of drug-likeness (QED) is 0.654. The van der Waals surface area contributed by atoms with Crippen LogP contribution in [0, 0.1) is 5.92 Å². The maximum Gasteiger partial charge on any atom is 0.252 e. The smallest absolute Gasteiger partial charge is 0.252 e. The van der Waals surface area contributed by atoms with Crippen molar-refractivity contribution in [3.05, 3.63) is 53.1 Å². The molecule has 2 aromatic carbocycles. The van der Waals surface area contributed by atoms with Crippen LogP contribution in [0.5, 0.6) is 17.2 Å². The zero-order valence-electron chi connectivity index (χ0n) is 19.4. The lowest BCUT2D eigenvalue weighted by molar-refractivity contribution is -0.124. The first-order chi connectivity index (χ1) is 15.4. The third kappa shape index (κ3) is 4.98. The Morgan fingerprint density at radius 2 is 1.66 bits per heavy atom. The molecule has 0 unspecified atom stereocenters. The van der Waals surface area contributed by atoms with Crippen molar-refractivity contribution < 1.29 is 23.8 Å². The summed E-state index contributed by atoms with van der Waals surface area (Å²) in [6, 6.07) is 10.6. The molecule has 2 atom stereocenters. The number of ether oxygens (including phenoxy) is 3. The van der Waals surface area contributed by atoms with Crippen molar-refractivity contribution in [1.82, 2.24) is 10.6 Å². The van der Waals surface area contributed by atoms with Crippen LogP contribution in [-0.4, -0.2) is 39.2 Å². The largest absolute Gasteiger partial charge is 0.493 e. The Morgan fingerprint density at radius 1 is 1.00 bits per heavy atom. The van der Waals surface area contributed by atoms with Crippen molar-refractivity contribution in [1.29, 1.82) is 0 Å². The molecule has 172 valence electrons. The van der Waals surface area contributed by atoms with Crippen LogP contribution in [0.1, 0.15) is 54.2 Å². The van der Waals surface area contributed by atoms with Crippen LogP contribution >= 0.6 is 0 Å². The first-order valence-corrected chi connectivity index (χ1v) is 10.9. The number of fused-ring (bicyclic) bond motifs is 1. The predicted octanol–water partition coefficient (Wildman–Crippen LogP) is 3.66. The van der Waals surface area contributed by atoms with E-state index < -0.39 is 6.04 Å². The fraction of sp³-hybridized carbons (Fsp3) is 0.440. The molecule has 0 saturated carbocycles. The van der Waals surface area contributed by atoms with Gasteiger partial charge in [-0.05, 0) is 48.4 Å². The molecule has 7 nitrogen and oxygen atoms in total. The van der Waals surface area contributed by atoms with Gasteiger partial charge in [0.25, 0.3) is 5.91 Å². The third-order valence-corrected chi connectivity index (χ3v) is 5.85. The minimum absolute atomic E-state index is 0.0493. The number of methoxy groups -OCH3 is 3. The second-order valence-corrected chi connectivity index (χ2v) is 8.26. The number of aryl methyl sites for hydroxylation is 1. The standard InChI is InChI=1S/C25H32N2O5/c1-15(2)22(25(29)26-19-12-8-10-16-9-6-7-11-18(16)19)27-24(28)17-13-20(30-3)23(32-5)21(14-17)31-4/h6-7,9,11,13-15,19,22H,8,10,12H2,1-5H3,(H,26,29)(H,27,28)/t19-,22-/m1/s1. The maximum absolute atomic E-state index is 13.2. The van der Waals surface area contributed by atoms with E-state index in [1.165, 1.54) is 26.9 Å². The molecule has 2 N–H and O–H groups in total. The summed E-state index contributed by atoms with van der Waals surface area (Å²) >= 11 is 0. The zero-order valence-corrected chi connectivity index (χ0v) is 19.4. The van der Waals surface area contributed by atoms with Gasteiger partial charge < -0.3 is 24.8 Å². The van der Waals surface area contributed by atoms with Gasteiger partial charge in [0.2, 0.25) is 11.7 Å². The van der Waals surface area contributed by atoms with E-state index in [0.29, 0.717) is 22.8 Å². The molecule has 2 aromatic rings. The summed E-state index contributed by atoms with van der Waals surface area (Å²) in [5.74, 6) is 0.479. The molecule has 0 aromatic heterocycles. The molecule has 0 aliphatic heterocycles. The summed E-state index contributed by atoms with van der Waals surface area (Å²) in [7, 11) is 4.49. The van der Waals surface area contributed by atoms with Gasteiger partial charge in [0.1, 0.15) is 6.04 Å². The van der Waals surface area contributed by atoms with Crippen molar-refractivity contribution in [2.75, 3.05) is 21.3 Å². The number of rotatable bonds is 8. The van der Waals surface area contributed by atoms with Crippen molar-refractivity contribution >= 4 is 11.8 Å². The normalized spacial score (nSPS) is 16.0. The van der Waals surface area contributed by atoms with Gasteiger partial charge in [-0.15, -0.1) is 0 Å². The average Bonchev–Trinajstić information content (AvgIpc) is 2.81. The van der Waals surface area contributed by atoms with Crippen LogP contribution in [0.3, 0.4) is 0 Å². The van der Waals surface area contributed by atoms with Crippen molar-refractivity contribution in [2.45, 2.75) is 45.2 Å². The predicted molar refractivity (Wildman–Crippen MR) is 122 cm³/mol. The van der Waals surface area contributed by atoms with E-state index in [0.717, 1.165) is 24.8 Å². The third-order valence-electron chi connectivity index (χ3n) is 5.85. The van der Waals surface area contributed by atoms with Gasteiger partial charge in [-0.3, -0.25) is 9.59 Å². The van der Waals surface area contributed by atoms with E-state index in [2.05, 4.69) is 22.8 Å². The summed E-state index contributed by atoms with van der Waals surface area (Å²) in [6.45, 7) is 3.82. The highest BCUT2D eigenvalue weighted by Gasteiger charge is 2.29. The Balaban J connectivity index is 1.78. The highest BCUT2D eigenvalue weighted by molar-refractivity contribution is 5.98. The summed E-state index contributed by atoms with van der Waals surface area (Å²) in [6.07, 6.45) is 2.93. The molecule has 0 spiro atoms. The minimum Gasteiger partial charge on any atom is -0.493 e. The number of benzene rings is 2. The van der Waals surface area contributed by atoms with Crippen LogP contribution < -0.4 is 24.8 Å². The van der Waals surface area contributed by atoms with Gasteiger partial charge in [0.05, 0.1) is 27.4 Å². The van der Waals surface area contributed by atoms with E-state index in [-0.39, 0.29) is 23.8 Å². The maximum atomic E-state index is 13.2. The van der Waals surface area contributed by atoms with Crippen LogP contribution in [-0.2, 0) is 11.2 Å². The van der Waals surface area contributed by atoms with Crippen LogP contribution in [0.4, 0.5) is 0 Å². The molecule has 3 rings (SSSR count). The first-order valence-electron chi connectivity index (χ1n) is 10.9. The van der Waals surface area contributed by atoms with Crippen molar-refractivity contribution in [2.24, 2.45) is 5.92 Å². The number of amides is 2. The second-order valence-electron chi connectivity index (χ2n) is 8.26. The second kappa shape index (κ2) is 10.4. The van der Waals surface area contributed by atoms with E-state index in [1.807, 2.05) is 26.0 Å². The van der Waals surface area contributed by atoms with Crippen LogP contribution in [0.2, 0.25) is 0 Å². The Bertz CT molecular complexity index is 948. The summed E-state index contributed by atoms with van der Waals surface area (Å²) in [5.41, 5.74) is 2.75. The lowest BCUT2D eigenvalue weighted by Gasteiger charge is -2.29. The molecule has 2 amide bonds. The van der Waals surface area contributed by atoms with E-state index in [1.54, 1.807) is 12.1 Å². The monoisotopic (exact) mass is 440 g/mol. The lowest BCUT2D eigenvalue weighted by atomic mass is 9.87. The summed E-state index contributed by atoms with van der Waals surface area (Å²) < 4.78 is 16.0. The molecule has 32 heavy (non-hydrogen) atoms. The van der Waals surface area contributed by atoms with E-state index in [4.69, 9.17) is 14.2 Å². The summed E-state index contributed by atoms with van der Waals surface area (Å²) in [5, 5.41) is 6.04. The van der Waals surface area contributed by atoms with Crippen LogP contribution in [0.25, 0.3) is 0 Å². The van der Waals surface area contributed by atoms with Gasteiger partial charge >= 0.3 is 0 Å². The van der Waals surface area contributed by atoms with E-state index in [9.17, 15) is 9.59 Å². The van der Waals surface area contributed by atoms with Gasteiger partial charge in [-0.1, -0.05) is 38.1 Å². The minimum atomic E-state index is -0.685. The van der Waals surface area contributed by atoms with Gasteiger partial charge in [0.15, 0.2) is 11.5 Å². The number of hydrogen-bond acceptors (Lipinski definition) is 5. The molecule has 0 radical (unpaired) electrons. The molecule has 1 aliphatic carbocycles. The number of nitrogens with one attached hydrogen (secondary N) is 2. The summed E-state index contributed by atoms with van der Waals surface area (Å²) in [4.78, 5) is 26.2. The Morgan fingerprint density at radius 3 is 2.25 bits per heavy atom. The van der Waals surface area contributed by atoms with Crippen LogP contribution in [0.15, 0.2) is 36.4 Å². The Hall–Kier alpha value is -3.22. The van der Waals surface area contributed by atoms with Gasteiger partial charge in [-0.2, -0.15) is 0 Å². The Labute approximate surface area is 189 Å².